The molecule has 168 valence electrons. The molecule has 3 heterocycles. The number of benzene rings is 2. The third-order valence-corrected chi connectivity index (χ3v) is 6.06. The van der Waals surface area contributed by atoms with Crippen molar-refractivity contribution in [1.82, 2.24) is 29.8 Å². The van der Waals surface area contributed by atoms with Gasteiger partial charge < -0.3 is 14.8 Å². The zero-order valence-corrected chi connectivity index (χ0v) is 18.4. The number of piperazine rings is 1. The highest BCUT2D eigenvalue weighted by Gasteiger charge is 2.20. The molecule has 0 aliphatic carbocycles. The van der Waals surface area contributed by atoms with Crippen molar-refractivity contribution in [2.45, 2.75) is 6.92 Å². The van der Waals surface area contributed by atoms with Crippen LogP contribution >= 0.6 is 0 Å². The molecule has 1 saturated heterocycles. The molecule has 4 aromatic rings. The highest BCUT2D eigenvalue weighted by molar-refractivity contribution is 5.94. The molecule has 1 N–H and O–H groups in total. The minimum absolute atomic E-state index is 0.0131. The fourth-order valence-corrected chi connectivity index (χ4v) is 3.99. The van der Waals surface area contributed by atoms with Gasteiger partial charge in [-0.15, -0.1) is 5.10 Å². The lowest BCUT2D eigenvalue weighted by Gasteiger charge is -2.32. The van der Waals surface area contributed by atoms with Crippen LogP contribution < -0.4 is 5.56 Å². The molecule has 8 nitrogen and oxygen atoms in total. The van der Waals surface area contributed by atoms with Crippen LogP contribution in [-0.4, -0.2) is 68.9 Å². The molecular weight excluding hydrogens is 423 g/mol. The summed E-state index contributed by atoms with van der Waals surface area (Å²) in [5.74, 6) is -0.325. The van der Waals surface area contributed by atoms with E-state index in [9.17, 15) is 14.0 Å². The number of hydrogen-bond donors (Lipinski definition) is 1. The predicted octanol–water partition coefficient (Wildman–Crippen LogP) is 2.61. The Morgan fingerprint density at radius 2 is 1.79 bits per heavy atom. The van der Waals surface area contributed by atoms with Crippen molar-refractivity contribution in [2.24, 2.45) is 0 Å². The minimum Gasteiger partial charge on any atom is -0.336 e. The lowest BCUT2D eigenvalue weighted by molar-refractivity contribution is 0.0664. The predicted molar refractivity (Wildman–Crippen MR) is 123 cm³/mol. The summed E-state index contributed by atoms with van der Waals surface area (Å²) >= 11 is 0. The summed E-state index contributed by atoms with van der Waals surface area (Å²) < 4.78 is 15.5. The molecule has 1 aliphatic rings. The quantitative estimate of drug-likeness (QED) is 0.523. The summed E-state index contributed by atoms with van der Waals surface area (Å²) in [5.41, 5.74) is 2.71. The number of carbonyl (C=O) groups excluding carboxylic acids is 1. The molecule has 0 radical (unpaired) electrons. The first-order valence-corrected chi connectivity index (χ1v) is 10.7. The minimum atomic E-state index is -0.338. The molecule has 0 bridgehead atoms. The van der Waals surface area contributed by atoms with Gasteiger partial charge in [0.15, 0.2) is 0 Å². The van der Waals surface area contributed by atoms with Gasteiger partial charge in [-0.05, 0) is 62.0 Å². The molecule has 2 aromatic carbocycles. The van der Waals surface area contributed by atoms with Crippen LogP contribution in [-0.2, 0) is 0 Å². The largest absolute Gasteiger partial charge is 0.336 e. The van der Waals surface area contributed by atoms with Gasteiger partial charge in [0.25, 0.3) is 11.5 Å². The molecule has 9 heteroatoms. The number of aryl methyl sites for hydroxylation is 1. The van der Waals surface area contributed by atoms with Crippen LogP contribution in [0.3, 0.4) is 0 Å². The molecule has 0 spiro atoms. The number of hydrogen-bond acceptors (Lipinski definition) is 5. The number of likely N-dealkylation sites (N-methyl/N-ethyl adjacent to an activating group) is 1. The molecule has 1 aliphatic heterocycles. The fraction of sp³-hybridized carbons (Fsp3) is 0.250. The Balaban J connectivity index is 1.40. The van der Waals surface area contributed by atoms with E-state index >= 15 is 0 Å². The van der Waals surface area contributed by atoms with Gasteiger partial charge in [-0.3, -0.25) is 9.59 Å². The molecule has 1 fully saturated rings. The van der Waals surface area contributed by atoms with E-state index in [0.29, 0.717) is 52.1 Å². The second-order valence-electron chi connectivity index (χ2n) is 8.39. The maximum absolute atomic E-state index is 14.0. The monoisotopic (exact) mass is 446 g/mol. The summed E-state index contributed by atoms with van der Waals surface area (Å²) in [7, 11) is 2.05. The van der Waals surface area contributed by atoms with E-state index in [1.165, 1.54) is 6.07 Å². The number of halogens is 1. The number of aromatic amines is 1. The smallest absolute Gasteiger partial charge is 0.258 e. The third kappa shape index (κ3) is 4.03. The van der Waals surface area contributed by atoms with Crippen molar-refractivity contribution in [3.05, 3.63) is 76.0 Å². The number of H-pyrrole nitrogens is 1. The van der Waals surface area contributed by atoms with Crippen LogP contribution in [0.4, 0.5) is 4.39 Å². The van der Waals surface area contributed by atoms with E-state index < -0.39 is 0 Å². The van der Waals surface area contributed by atoms with Crippen LogP contribution in [0, 0.1) is 12.7 Å². The van der Waals surface area contributed by atoms with Gasteiger partial charge in [-0.2, -0.15) is 0 Å². The fourth-order valence-electron chi connectivity index (χ4n) is 3.99. The molecule has 0 unspecified atom stereocenters. The maximum atomic E-state index is 14.0. The van der Waals surface area contributed by atoms with Crippen LogP contribution in [0.25, 0.3) is 27.8 Å². The van der Waals surface area contributed by atoms with E-state index in [1.807, 2.05) is 11.9 Å². The Kier molecular flexibility index (Phi) is 5.26. The first-order chi connectivity index (χ1) is 15.9. The maximum Gasteiger partial charge on any atom is 0.258 e. The molecule has 0 atom stereocenters. The first kappa shape index (κ1) is 21.0. The van der Waals surface area contributed by atoms with Crippen LogP contribution in [0.1, 0.15) is 15.9 Å². The first-order valence-electron chi connectivity index (χ1n) is 10.7. The molecule has 5 rings (SSSR count). The summed E-state index contributed by atoms with van der Waals surface area (Å²) in [4.78, 5) is 32.2. The molecule has 2 aromatic heterocycles. The zero-order chi connectivity index (χ0) is 23.1. The van der Waals surface area contributed by atoms with Gasteiger partial charge in [0, 0.05) is 42.6 Å². The number of fused-ring (bicyclic) bond motifs is 1. The number of carbonyl (C=O) groups is 1. The summed E-state index contributed by atoms with van der Waals surface area (Å²) in [6.45, 7) is 4.81. The van der Waals surface area contributed by atoms with Crippen molar-refractivity contribution in [3.8, 4) is 16.9 Å². The number of nitrogens with zero attached hydrogens (tertiary/aromatic N) is 5. The number of nitrogens with one attached hydrogen (secondary N) is 1. The van der Waals surface area contributed by atoms with Gasteiger partial charge in [-0.1, -0.05) is 5.21 Å². The van der Waals surface area contributed by atoms with E-state index in [2.05, 4.69) is 20.2 Å². The molecule has 1 amide bonds. The van der Waals surface area contributed by atoms with E-state index in [0.717, 1.165) is 13.1 Å². The van der Waals surface area contributed by atoms with Crippen molar-refractivity contribution >= 4 is 16.8 Å². The third-order valence-electron chi connectivity index (χ3n) is 6.06. The Morgan fingerprint density at radius 1 is 1.06 bits per heavy atom. The summed E-state index contributed by atoms with van der Waals surface area (Å²) in [6.07, 6.45) is 1.64. The van der Waals surface area contributed by atoms with E-state index in [1.54, 1.807) is 54.2 Å². The standard InChI is InChI=1S/C24H23FN6O2/c1-15-11-21-17(13-20(15)25)12-19(23(32)26-21)22-14-31(28-27-22)18-5-3-16(4-6-18)24(33)30-9-7-29(2)8-10-30/h3-6,11-14H,7-10H2,1-2H3,(H,26,32). The van der Waals surface area contributed by atoms with Crippen LogP contribution in [0.5, 0.6) is 0 Å². The van der Waals surface area contributed by atoms with Crippen molar-refractivity contribution in [1.29, 1.82) is 0 Å². The van der Waals surface area contributed by atoms with Gasteiger partial charge >= 0.3 is 0 Å². The molecular formula is C24H23FN6O2. The highest BCUT2D eigenvalue weighted by Crippen LogP contribution is 2.21. The van der Waals surface area contributed by atoms with Crippen LogP contribution in [0.15, 0.2) is 53.5 Å². The van der Waals surface area contributed by atoms with E-state index in [4.69, 9.17) is 0 Å². The summed E-state index contributed by atoms with van der Waals surface area (Å²) in [5, 5.41) is 8.83. The van der Waals surface area contributed by atoms with Gasteiger partial charge in [0.1, 0.15) is 11.5 Å². The number of amides is 1. The Morgan fingerprint density at radius 3 is 2.52 bits per heavy atom. The number of aromatic nitrogens is 4. The number of pyridine rings is 1. The molecule has 0 saturated carbocycles. The lowest BCUT2D eigenvalue weighted by Crippen LogP contribution is -2.47. The van der Waals surface area contributed by atoms with Gasteiger partial charge in [0.05, 0.1) is 17.4 Å². The average molecular weight is 446 g/mol. The zero-order valence-electron chi connectivity index (χ0n) is 18.4. The van der Waals surface area contributed by atoms with Gasteiger partial charge in [0.2, 0.25) is 0 Å². The van der Waals surface area contributed by atoms with Crippen molar-refractivity contribution in [3.63, 3.8) is 0 Å². The van der Waals surface area contributed by atoms with Crippen molar-refractivity contribution in [2.75, 3.05) is 33.2 Å². The number of rotatable bonds is 3. The molecule has 33 heavy (non-hydrogen) atoms. The topological polar surface area (TPSA) is 87.1 Å². The normalized spacial score (nSPS) is 14.7. The van der Waals surface area contributed by atoms with Crippen molar-refractivity contribution < 1.29 is 9.18 Å². The van der Waals surface area contributed by atoms with Gasteiger partial charge in [-0.25, -0.2) is 9.07 Å². The SMILES string of the molecule is Cc1cc2[nH]c(=O)c(-c3cn(-c4ccc(C(=O)N5CCN(C)CC5)cc4)nn3)cc2cc1F. The van der Waals surface area contributed by atoms with E-state index in [-0.39, 0.29) is 17.3 Å². The Bertz CT molecular complexity index is 1400. The highest BCUT2D eigenvalue weighted by atomic mass is 19.1. The second-order valence-corrected chi connectivity index (χ2v) is 8.39. The average Bonchev–Trinajstić information content (AvgIpc) is 3.30. The Hall–Kier alpha value is -3.85. The lowest BCUT2D eigenvalue weighted by atomic mass is 10.1. The Labute approximate surface area is 189 Å². The van der Waals surface area contributed by atoms with Crippen LogP contribution in [0.2, 0.25) is 0 Å². The summed E-state index contributed by atoms with van der Waals surface area (Å²) in [6, 6.07) is 11.7. The second kappa shape index (κ2) is 8.25.